The zero-order valence-electron chi connectivity index (χ0n) is 17.9. The van der Waals surface area contributed by atoms with Gasteiger partial charge < -0.3 is 14.8 Å². The molecule has 2 aliphatic rings. The summed E-state index contributed by atoms with van der Waals surface area (Å²) in [4.78, 5) is 12.0. The zero-order chi connectivity index (χ0) is 23.2. The summed E-state index contributed by atoms with van der Waals surface area (Å²) in [7, 11) is -1.21. The summed E-state index contributed by atoms with van der Waals surface area (Å²) in [5, 5.41) is 11.8. The van der Waals surface area contributed by atoms with E-state index >= 15 is 0 Å². The number of halogens is 2. The van der Waals surface area contributed by atoms with Gasteiger partial charge in [-0.25, -0.2) is 13.8 Å². The maximum absolute atomic E-state index is 13.7. The lowest BCUT2D eigenvalue weighted by Crippen LogP contribution is -2.35. The monoisotopic (exact) mass is 479 g/mol. The largest absolute Gasteiger partial charge is 0.339 e. The van der Waals surface area contributed by atoms with E-state index in [1.165, 1.54) is 24.3 Å². The van der Waals surface area contributed by atoms with Gasteiger partial charge in [-0.1, -0.05) is 6.07 Å². The van der Waals surface area contributed by atoms with E-state index in [2.05, 4.69) is 20.5 Å². The van der Waals surface area contributed by atoms with Gasteiger partial charge in [0.2, 0.25) is 5.95 Å². The van der Waals surface area contributed by atoms with Crippen molar-refractivity contribution < 1.29 is 13.0 Å². The fourth-order valence-electron chi connectivity index (χ4n) is 4.25. The van der Waals surface area contributed by atoms with Crippen LogP contribution in [0.4, 0.5) is 26.2 Å². The third-order valence-electron chi connectivity index (χ3n) is 5.90. The summed E-state index contributed by atoms with van der Waals surface area (Å²) in [5.74, 6) is 2.18. The Labute approximate surface area is 196 Å². The van der Waals surface area contributed by atoms with Crippen LogP contribution in [0.3, 0.4) is 0 Å². The number of nitrogens with one attached hydrogen (secondary N) is 1. The number of fused-ring (bicyclic) bond motifs is 2. The van der Waals surface area contributed by atoms with Gasteiger partial charge in [-0.05, 0) is 42.5 Å². The van der Waals surface area contributed by atoms with E-state index in [4.69, 9.17) is 4.98 Å². The lowest BCUT2D eigenvalue weighted by Gasteiger charge is -2.28. The zero-order valence-corrected chi connectivity index (χ0v) is 18.7. The van der Waals surface area contributed by atoms with Crippen LogP contribution < -0.4 is 10.2 Å². The summed E-state index contributed by atoms with van der Waals surface area (Å²) < 4.78 is 41.6. The second-order valence-electron chi connectivity index (χ2n) is 8.10. The fraction of sp³-hybridized carbons (Fsp3) is 0.217. The van der Waals surface area contributed by atoms with Gasteiger partial charge in [0.25, 0.3) is 0 Å². The van der Waals surface area contributed by atoms with E-state index in [0.717, 1.165) is 17.1 Å². The minimum absolute atomic E-state index is 0.300. The van der Waals surface area contributed by atoms with E-state index in [1.54, 1.807) is 24.3 Å². The maximum atomic E-state index is 13.7. The number of anilines is 3. The number of rotatable bonds is 4. The normalized spacial score (nSPS) is 16.9. The van der Waals surface area contributed by atoms with E-state index in [-0.39, 0.29) is 11.6 Å². The highest BCUT2D eigenvalue weighted by Gasteiger charge is 2.29. The molecule has 1 atom stereocenters. The van der Waals surface area contributed by atoms with Crippen molar-refractivity contribution in [2.45, 2.75) is 24.4 Å². The molecule has 0 aliphatic carbocycles. The Morgan fingerprint density at radius 1 is 0.971 bits per heavy atom. The minimum atomic E-state index is -1.21. The summed E-state index contributed by atoms with van der Waals surface area (Å²) in [5.41, 5.74) is 2.06. The highest BCUT2D eigenvalue weighted by Crippen LogP contribution is 2.33. The van der Waals surface area contributed by atoms with Crippen LogP contribution >= 0.6 is 0 Å². The number of benzene rings is 2. The number of hydrogen-bond acceptors (Lipinski definition) is 7. The number of aromatic nitrogens is 5. The van der Waals surface area contributed by atoms with E-state index in [9.17, 15) is 13.0 Å². The van der Waals surface area contributed by atoms with E-state index < -0.39 is 10.8 Å². The predicted octanol–water partition coefficient (Wildman–Crippen LogP) is 3.44. The van der Waals surface area contributed by atoms with Gasteiger partial charge in [0.1, 0.15) is 16.5 Å². The number of nitrogens with zero attached hydrogens (tertiary/aromatic N) is 6. The predicted molar refractivity (Wildman–Crippen MR) is 123 cm³/mol. The van der Waals surface area contributed by atoms with Crippen molar-refractivity contribution >= 4 is 28.3 Å². The third-order valence-corrected chi connectivity index (χ3v) is 7.36. The molecular formula is C23H19F2N7OS. The van der Waals surface area contributed by atoms with Gasteiger partial charge in [-0.2, -0.15) is 4.98 Å². The average molecular weight is 480 g/mol. The molecule has 1 N–H and O–H groups in total. The number of hydrogen-bond donors (Lipinski definition) is 1. The first-order chi connectivity index (χ1) is 16.5. The van der Waals surface area contributed by atoms with Crippen molar-refractivity contribution in [3.8, 4) is 11.4 Å². The molecule has 0 spiro atoms. The molecule has 2 aromatic carbocycles. The van der Waals surface area contributed by atoms with E-state index in [0.29, 0.717) is 60.0 Å². The van der Waals surface area contributed by atoms with Crippen molar-refractivity contribution in [1.29, 1.82) is 0 Å². The molecule has 0 fully saturated rings. The molecule has 34 heavy (non-hydrogen) atoms. The summed E-state index contributed by atoms with van der Waals surface area (Å²) in [6.07, 6.45) is 0.591. The molecule has 0 radical (unpaired) electrons. The van der Waals surface area contributed by atoms with Crippen LogP contribution in [0.1, 0.15) is 11.5 Å². The van der Waals surface area contributed by atoms with Gasteiger partial charge in [-0.3, -0.25) is 4.21 Å². The van der Waals surface area contributed by atoms with Crippen LogP contribution in [0.2, 0.25) is 0 Å². The Balaban J connectivity index is 1.32. The smallest absolute Gasteiger partial charge is 0.228 e. The average Bonchev–Trinajstić information content (AvgIpc) is 3.43. The molecule has 4 aromatic rings. The Hall–Kier alpha value is -3.73. The molecule has 2 aromatic heterocycles. The van der Waals surface area contributed by atoms with Crippen LogP contribution in [0.25, 0.3) is 11.4 Å². The topological polar surface area (TPSA) is 88.8 Å². The summed E-state index contributed by atoms with van der Waals surface area (Å²) in [6.45, 7) is 1.66. The highest BCUT2D eigenvalue weighted by molar-refractivity contribution is 7.85. The SMILES string of the molecule is O=S1CCc2nc(N3CCn4c(nnc4-c4ccc(F)cc4)C3)nc(Nc3cccc(F)c3)c21. The number of aryl methyl sites for hydroxylation is 1. The lowest BCUT2D eigenvalue weighted by atomic mass is 10.2. The highest BCUT2D eigenvalue weighted by atomic mass is 32.2. The Kier molecular flexibility index (Phi) is 5.05. The first kappa shape index (κ1) is 20.8. The van der Waals surface area contributed by atoms with Crippen molar-refractivity contribution in [2.75, 3.05) is 22.5 Å². The molecule has 172 valence electrons. The summed E-state index contributed by atoms with van der Waals surface area (Å²) in [6, 6.07) is 12.3. The van der Waals surface area contributed by atoms with Crippen molar-refractivity contribution in [3.05, 3.63) is 71.7 Å². The van der Waals surface area contributed by atoms with Gasteiger partial charge in [-0.15, -0.1) is 10.2 Å². The van der Waals surface area contributed by atoms with Crippen LogP contribution in [0, 0.1) is 11.6 Å². The molecule has 0 saturated heterocycles. The minimum Gasteiger partial charge on any atom is -0.339 e. The van der Waals surface area contributed by atoms with Crippen molar-refractivity contribution in [3.63, 3.8) is 0 Å². The first-order valence-corrected chi connectivity index (χ1v) is 12.1. The quantitative estimate of drug-likeness (QED) is 0.480. The standard InChI is InChI=1S/C23H19F2N7OS/c24-15-6-4-14(5-7-15)22-30-29-19-13-31(9-10-32(19)22)23-27-18-8-11-34(33)20(18)21(28-23)26-17-3-1-2-16(25)12-17/h1-7,12H,8-11,13H2,(H,26,27,28). The molecular weight excluding hydrogens is 460 g/mol. The molecule has 0 amide bonds. The molecule has 2 aliphatic heterocycles. The Bertz CT molecular complexity index is 1420. The molecule has 4 heterocycles. The van der Waals surface area contributed by atoms with Crippen LogP contribution in [-0.4, -0.2) is 41.2 Å². The summed E-state index contributed by atoms with van der Waals surface area (Å²) >= 11 is 0. The molecule has 0 saturated carbocycles. The molecule has 0 bridgehead atoms. The molecule has 1 unspecified atom stereocenters. The van der Waals surface area contributed by atoms with Crippen LogP contribution in [0.15, 0.2) is 53.4 Å². The second kappa shape index (κ2) is 8.24. The maximum Gasteiger partial charge on any atom is 0.228 e. The molecule has 8 nitrogen and oxygen atoms in total. The van der Waals surface area contributed by atoms with Gasteiger partial charge >= 0.3 is 0 Å². The third kappa shape index (κ3) is 3.71. The molecule has 6 rings (SSSR count). The van der Waals surface area contributed by atoms with E-state index in [1.807, 2.05) is 9.47 Å². The van der Waals surface area contributed by atoms with Crippen molar-refractivity contribution in [2.24, 2.45) is 0 Å². The fourth-order valence-corrected chi connectivity index (χ4v) is 5.56. The first-order valence-electron chi connectivity index (χ1n) is 10.8. The van der Waals surface area contributed by atoms with Gasteiger partial charge in [0, 0.05) is 36.5 Å². The van der Waals surface area contributed by atoms with Crippen molar-refractivity contribution in [1.82, 2.24) is 24.7 Å². The second-order valence-corrected chi connectivity index (χ2v) is 9.61. The van der Waals surface area contributed by atoms with Crippen LogP contribution in [-0.2, 0) is 30.3 Å². The molecule has 11 heteroatoms. The van der Waals surface area contributed by atoms with Crippen LogP contribution in [0.5, 0.6) is 0 Å². The van der Waals surface area contributed by atoms with Gasteiger partial charge in [0.05, 0.1) is 23.0 Å². The van der Waals surface area contributed by atoms with Gasteiger partial charge in [0.15, 0.2) is 17.5 Å². The Morgan fingerprint density at radius 2 is 1.82 bits per heavy atom. The Morgan fingerprint density at radius 3 is 2.65 bits per heavy atom. The lowest BCUT2D eigenvalue weighted by molar-refractivity contribution is 0.554.